The van der Waals surface area contributed by atoms with E-state index < -0.39 is 0 Å². The van der Waals surface area contributed by atoms with Gasteiger partial charge in [0.2, 0.25) is 0 Å². The molecule has 0 spiro atoms. The summed E-state index contributed by atoms with van der Waals surface area (Å²) >= 11 is 0. The Bertz CT molecular complexity index is 696. The molecule has 1 aromatic rings. The third kappa shape index (κ3) is 3.64. The van der Waals surface area contributed by atoms with Crippen molar-refractivity contribution >= 4 is 11.1 Å². The molecular weight excluding hydrogens is 252 g/mol. The van der Waals surface area contributed by atoms with E-state index in [1.54, 1.807) is 0 Å². The van der Waals surface area contributed by atoms with E-state index in [1.165, 1.54) is 45.6 Å². The number of allylic oxidation sites excluding steroid dienone is 5. The Labute approximate surface area is 128 Å². The molecule has 1 aliphatic rings. The molecule has 0 saturated carbocycles. The highest BCUT2D eigenvalue weighted by Crippen LogP contribution is 2.21. The fourth-order valence-corrected chi connectivity index (χ4v) is 2.95. The zero-order valence-electron chi connectivity index (χ0n) is 13.6. The van der Waals surface area contributed by atoms with Crippen molar-refractivity contribution in [1.29, 1.82) is 0 Å². The van der Waals surface area contributed by atoms with Gasteiger partial charge in [-0.1, -0.05) is 61.4 Å². The van der Waals surface area contributed by atoms with Gasteiger partial charge in [0.15, 0.2) is 0 Å². The van der Waals surface area contributed by atoms with Crippen molar-refractivity contribution < 1.29 is 0 Å². The van der Waals surface area contributed by atoms with Crippen molar-refractivity contribution in [2.24, 2.45) is 0 Å². The van der Waals surface area contributed by atoms with Crippen LogP contribution in [0.4, 0.5) is 0 Å². The van der Waals surface area contributed by atoms with E-state index in [0.29, 0.717) is 0 Å². The van der Waals surface area contributed by atoms with E-state index in [0.717, 1.165) is 12.8 Å². The van der Waals surface area contributed by atoms with Gasteiger partial charge in [-0.3, -0.25) is 0 Å². The van der Waals surface area contributed by atoms with Gasteiger partial charge in [0.25, 0.3) is 0 Å². The molecule has 0 heterocycles. The van der Waals surface area contributed by atoms with Crippen LogP contribution >= 0.6 is 0 Å². The normalized spacial score (nSPS) is 16.6. The number of fused-ring (bicyclic) bond motifs is 1. The molecule has 0 radical (unpaired) electrons. The van der Waals surface area contributed by atoms with Crippen LogP contribution in [-0.2, 0) is 6.42 Å². The molecule has 0 nitrogen and oxygen atoms in total. The fraction of sp³-hybridized carbons (Fsp3) is 0.333. The third-order valence-electron chi connectivity index (χ3n) is 4.16. The number of hydrogen-bond donors (Lipinski definition) is 0. The predicted octanol–water partition coefficient (Wildman–Crippen LogP) is 4.44. The fourth-order valence-electron chi connectivity index (χ4n) is 2.95. The largest absolute Gasteiger partial charge is 0.103 e. The highest BCUT2D eigenvalue weighted by atomic mass is 14.1. The molecule has 21 heavy (non-hydrogen) atoms. The Balaban J connectivity index is 2.46. The second kappa shape index (κ2) is 7.26. The molecule has 0 unspecified atom stereocenters. The Morgan fingerprint density at radius 3 is 2.71 bits per heavy atom. The lowest BCUT2D eigenvalue weighted by Crippen LogP contribution is -2.32. The van der Waals surface area contributed by atoms with Gasteiger partial charge >= 0.3 is 0 Å². The summed E-state index contributed by atoms with van der Waals surface area (Å²) < 4.78 is 0. The second-order valence-electron chi connectivity index (χ2n) is 5.86. The Hall–Kier alpha value is -1.82. The zero-order valence-corrected chi connectivity index (χ0v) is 13.6. The maximum Gasteiger partial charge on any atom is -0.00578 e. The van der Waals surface area contributed by atoms with Gasteiger partial charge in [0.1, 0.15) is 0 Å². The van der Waals surface area contributed by atoms with E-state index >= 15 is 0 Å². The Kier molecular flexibility index (Phi) is 5.38. The van der Waals surface area contributed by atoms with Crippen LogP contribution in [0.5, 0.6) is 0 Å². The molecule has 0 saturated heterocycles. The van der Waals surface area contributed by atoms with E-state index in [4.69, 9.17) is 0 Å². The first-order valence-corrected chi connectivity index (χ1v) is 7.94. The smallest absolute Gasteiger partial charge is 0.00578 e. The summed E-state index contributed by atoms with van der Waals surface area (Å²) in [5.41, 5.74) is 5.80. The molecule has 0 aromatic heterocycles. The van der Waals surface area contributed by atoms with Crippen molar-refractivity contribution in [1.82, 2.24) is 0 Å². The first-order chi connectivity index (χ1) is 10.2. The quantitative estimate of drug-likeness (QED) is 0.698. The van der Waals surface area contributed by atoms with Gasteiger partial charge < -0.3 is 0 Å². The van der Waals surface area contributed by atoms with Crippen LogP contribution in [0.15, 0.2) is 54.7 Å². The van der Waals surface area contributed by atoms with Crippen LogP contribution in [0.1, 0.15) is 45.6 Å². The van der Waals surface area contributed by atoms with Gasteiger partial charge in [-0.15, -0.1) is 6.58 Å². The van der Waals surface area contributed by atoms with Crippen LogP contribution in [0.2, 0.25) is 0 Å². The summed E-state index contributed by atoms with van der Waals surface area (Å²) in [6.07, 6.45) is 12.9. The minimum Gasteiger partial charge on any atom is -0.103 e. The molecule has 0 aliphatic heterocycles. The van der Waals surface area contributed by atoms with Crippen molar-refractivity contribution in [3.05, 3.63) is 70.7 Å². The van der Waals surface area contributed by atoms with E-state index in [2.05, 4.69) is 63.8 Å². The molecule has 0 atom stereocenters. The molecule has 0 amide bonds. The van der Waals surface area contributed by atoms with Crippen molar-refractivity contribution in [2.75, 3.05) is 0 Å². The van der Waals surface area contributed by atoms with Crippen LogP contribution in [0.25, 0.3) is 11.1 Å². The van der Waals surface area contributed by atoms with Gasteiger partial charge in [-0.25, -0.2) is 0 Å². The molecule has 0 N–H and O–H groups in total. The average molecular weight is 278 g/mol. The van der Waals surface area contributed by atoms with Crippen molar-refractivity contribution in [3.8, 4) is 0 Å². The predicted molar refractivity (Wildman–Crippen MR) is 94.5 cm³/mol. The SMILES string of the molecule is C=CCC=CC=C1CC(C)=c2cc(CCC)ccc2=C1C. The zero-order chi connectivity index (χ0) is 15.2. The molecule has 1 aromatic carbocycles. The topological polar surface area (TPSA) is 0 Å². The summed E-state index contributed by atoms with van der Waals surface area (Å²) in [5, 5.41) is 2.85. The first kappa shape index (κ1) is 15.6. The highest BCUT2D eigenvalue weighted by Gasteiger charge is 2.10. The Morgan fingerprint density at radius 1 is 1.19 bits per heavy atom. The van der Waals surface area contributed by atoms with Gasteiger partial charge in [0, 0.05) is 0 Å². The van der Waals surface area contributed by atoms with E-state index in [9.17, 15) is 0 Å². The summed E-state index contributed by atoms with van der Waals surface area (Å²) in [5.74, 6) is 0. The lowest BCUT2D eigenvalue weighted by molar-refractivity contribution is 0.919. The van der Waals surface area contributed by atoms with E-state index in [1.807, 2.05) is 6.08 Å². The molecule has 1 aliphatic carbocycles. The summed E-state index contributed by atoms with van der Waals surface area (Å²) in [6.45, 7) is 10.5. The molecule has 0 heteroatoms. The number of rotatable bonds is 5. The number of benzene rings is 1. The van der Waals surface area contributed by atoms with Crippen LogP contribution in [0, 0.1) is 0 Å². The maximum absolute atomic E-state index is 3.74. The van der Waals surface area contributed by atoms with Crippen LogP contribution < -0.4 is 10.4 Å². The van der Waals surface area contributed by atoms with Crippen LogP contribution in [-0.4, -0.2) is 0 Å². The minimum absolute atomic E-state index is 0.933. The molecule has 0 fully saturated rings. The van der Waals surface area contributed by atoms with E-state index in [-0.39, 0.29) is 0 Å². The number of aryl methyl sites for hydroxylation is 1. The highest BCUT2D eigenvalue weighted by molar-refractivity contribution is 5.71. The average Bonchev–Trinajstić information content (AvgIpc) is 2.49. The summed E-state index contributed by atoms with van der Waals surface area (Å²) in [7, 11) is 0. The molecule has 110 valence electrons. The van der Waals surface area contributed by atoms with Crippen LogP contribution in [0.3, 0.4) is 0 Å². The standard InChI is InChI=1S/C21H26/c1-5-7-8-9-11-19-14-16(3)21-15-18(10-6-2)12-13-20(21)17(19)4/h5,8-9,11-13,15H,1,6-7,10,14H2,2-4H3. The summed E-state index contributed by atoms with van der Waals surface area (Å²) in [6, 6.07) is 6.98. The lowest BCUT2D eigenvalue weighted by atomic mass is 9.89. The minimum atomic E-state index is 0.933. The van der Waals surface area contributed by atoms with Gasteiger partial charge in [-0.2, -0.15) is 0 Å². The van der Waals surface area contributed by atoms with Crippen molar-refractivity contribution in [2.45, 2.75) is 46.5 Å². The maximum atomic E-state index is 3.74. The lowest BCUT2D eigenvalue weighted by Gasteiger charge is -2.16. The molecule has 2 rings (SSSR count). The first-order valence-electron chi connectivity index (χ1n) is 7.94. The van der Waals surface area contributed by atoms with Gasteiger partial charge in [0.05, 0.1) is 0 Å². The van der Waals surface area contributed by atoms with Crippen molar-refractivity contribution in [3.63, 3.8) is 0 Å². The number of hydrogen-bond acceptors (Lipinski definition) is 0. The molecule has 0 bridgehead atoms. The van der Waals surface area contributed by atoms with Gasteiger partial charge in [-0.05, 0) is 60.3 Å². The third-order valence-corrected chi connectivity index (χ3v) is 4.16. The Morgan fingerprint density at radius 2 is 2.00 bits per heavy atom. The molecular formula is C21H26. The monoisotopic (exact) mass is 278 g/mol. The second-order valence-corrected chi connectivity index (χ2v) is 5.86. The summed E-state index contributed by atoms with van der Waals surface area (Å²) in [4.78, 5) is 0.